The summed E-state index contributed by atoms with van der Waals surface area (Å²) in [5, 5.41) is 8.92. The molecule has 4 aromatic rings. The van der Waals surface area contributed by atoms with Gasteiger partial charge in [-0.05, 0) is 50.3 Å². The summed E-state index contributed by atoms with van der Waals surface area (Å²) in [4.78, 5) is 40.8. The molecule has 1 N–H and O–H groups in total. The molecule has 2 amide bonds. The second-order valence-electron chi connectivity index (χ2n) is 9.74. The van der Waals surface area contributed by atoms with Gasteiger partial charge in [0.15, 0.2) is 0 Å². The minimum Gasteiger partial charge on any atom is -0.360 e. The van der Waals surface area contributed by atoms with E-state index in [2.05, 4.69) is 10.5 Å². The van der Waals surface area contributed by atoms with Gasteiger partial charge in [0.25, 0.3) is 5.56 Å². The fourth-order valence-electron chi connectivity index (χ4n) is 5.51. The van der Waals surface area contributed by atoms with Crippen LogP contribution < -0.4 is 10.9 Å². The van der Waals surface area contributed by atoms with Gasteiger partial charge >= 0.3 is 0 Å². The van der Waals surface area contributed by atoms with Crippen molar-refractivity contribution in [2.75, 3.05) is 7.05 Å². The summed E-state index contributed by atoms with van der Waals surface area (Å²) >= 11 is 6.57. The average Bonchev–Trinajstić information content (AvgIpc) is 3.26. The molecule has 0 saturated heterocycles. The number of carbonyl (C=O) groups excluding carboxylic acids is 2. The van der Waals surface area contributed by atoms with Crippen LogP contribution in [0.15, 0.2) is 57.8 Å². The highest BCUT2D eigenvalue weighted by Crippen LogP contribution is 2.35. The van der Waals surface area contributed by atoms with Gasteiger partial charge in [-0.1, -0.05) is 53.2 Å². The Morgan fingerprint density at radius 1 is 1.14 bits per heavy atom. The van der Waals surface area contributed by atoms with E-state index in [0.29, 0.717) is 39.0 Å². The Kier molecular flexibility index (Phi) is 6.77. The molecule has 0 bridgehead atoms. The van der Waals surface area contributed by atoms with Gasteiger partial charge in [-0.2, -0.15) is 0 Å². The molecule has 0 radical (unpaired) electrons. The monoisotopic (exact) mass is 520 g/mol. The summed E-state index contributed by atoms with van der Waals surface area (Å²) in [5.74, 6) is 0.0205. The molecule has 0 spiro atoms. The molecule has 9 heteroatoms. The Bertz CT molecular complexity index is 1540. The van der Waals surface area contributed by atoms with E-state index < -0.39 is 6.04 Å². The fraction of sp³-hybridized carbons (Fsp3) is 0.357. The Morgan fingerprint density at radius 2 is 1.89 bits per heavy atom. The Morgan fingerprint density at radius 3 is 2.62 bits per heavy atom. The lowest BCUT2D eigenvalue weighted by Crippen LogP contribution is -2.46. The van der Waals surface area contributed by atoms with Crippen molar-refractivity contribution in [1.82, 2.24) is 19.9 Å². The van der Waals surface area contributed by atoms with Crippen molar-refractivity contribution in [2.24, 2.45) is 0 Å². The number of aryl methyl sites for hydroxylation is 1. The van der Waals surface area contributed by atoms with Crippen molar-refractivity contribution in [3.8, 4) is 0 Å². The number of nitrogens with zero attached hydrogens (tertiary/aromatic N) is 3. The Balaban J connectivity index is 1.48. The first-order valence-electron chi connectivity index (χ1n) is 12.4. The van der Waals surface area contributed by atoms with Gasteiger partial charge in [-0.3, -0.25) is 14.4 Å². The van der Waals surface area contributed by atoms with E-state index in [4.69, 9.17) is 16.1 Å². The fourth-order valence-corrected chi connectivity index (χ4v) is 5.77. The smallest absolute Gasteiger partial charge is 0.264 e. The third-order valence-electron chi connectivity index (χ3n) is 7.39. The number of amides is 2. The van der Waals surface area contributed by atoms with E-state index in [-0.39, 0.29) is 29.5 Å². The third kappa shape index (κ3) is 4.50. The molecular weight excluding hydrogens is 492 g/mol. The van der Waals surface area contributed by atoms with Crippen LogP contribution in [0.1, 0.15) is 56.0 Å². The van der Waals surface area contributed by atoms with Crippen LogP contribution in [0.5, 0.6) is 0 Å². The summed E-state index contributed by atoms with van der Waals surface area (Å²) in [5.41, 5.74) is 1.75. The molecule has 3 atom stereocenters. The summed E-state index contributed by atoms with van der Waals surface area (Å²) in [6.07, 6.45) is 2.99. The van der Waals surface area contributed by atoms with E-state index in [1.165, 1.54) is 11.8 Å². The quantitative estimate of drug-likeness (QED) is 0.402. The number of pyridine rings is 1. The Labute approximate surface area is 219 Å². The maximum absolute atomic E-state index is 13.7. The zero-order valence-electron chi connectivity index (χ0n) is 21.0. The normalized spacial score (nSPS) is 18.6. The molecular formula is C28H29ClN4O4. The first-order chi connectivity index (χ1) is 17.8. The number of carbonyl (C=O) groups is 2. The number of hydrogen-bond acceptors (Lipinski definition) is 5. The molecule has 1 aliphatic carbocycles. The molecule has 37 heavy (non-hydrogen) atoms. The lowest BCUT2D eigenvalue weighted by molar-refractivity contribution is -0.138. The van der Waals surface area contributed by atoms with Crippen molar-refractivity contribution in [3.05, 3.63) is 75.2 Å². The van der Waals surface area contributed by atoms with Gasteiger partial charge in [0, 0.05) is 31.4 Å². The maximum Gasteiger partial charge on any atom is 0.264 e. The number of aromatic nitrogens is 2. The van der Waals surface area contributed by atoms with Crippen LogP contribution in [0.3, 0.4) is 0 Å². The highest BCUT2D eigenvalue weighted by atomic mass is 35.5. The standard InChI is InChI=1S/C28H29ClN4O4/c1-16-23-25(31-37-16)24-21(29)13-8-14-22(24)33(28(23)36)20-12-7-11-19(15-20)30-27(35)26(32(3)17(2)34)18-9-5-4-6-10-18/h4-6,8-10,13-14,19-20,26H,7,11-12,15H2,1-3H3,(H,30,35). The summed E-state index contributed by atoms with van der Waals surface area (Å²) in [6.45, 7) is 3.17. The molecule has 5 rings (SSSR count). The topological polar surface area (TPSA) is 97.4 Å². The van der Waals surface area contributed by atoms with Gasteiger partial charge in [0.2, 0.25) is 11.8 Å². The molecule has 1 aliphatic rings. The average molecular weight is 521 g/mol. The third-order valence-corrected chi connectivity index (χ3v) is 7.70. The second-order valence-corrected chi connectivity index (χ2v) is 10.1. The highest BCUT2D eigenvalue weighted by molar-refractivity contribution is 6.37. The van der Waals surface area contributed by atoms with E-state index in [1.54, 1.807) is 24.6 Å². The number of fused-ring (bicyclic) bond motifs is 3. The van der Waals surface area contributed by atoms with Crippen molar-refractivity contribution in [2.45, 2.75) is 57.7 Å². The van der Waals surface area contributed by atoms with Crippen molar-refractivity contribution < 1.29 is 14.1 Å². The number of benzene rings is 2. The van der Waals surface area contributed by atoms with E-state index >= 15 is 0 Å². The number of likely N-dealkylation sites (N-methyl/N-ethyl adjacent to an activating group) is 1. The number of halogens is 1. The first kappa shape index (κ1) is 25.0. The van der Waals surface area contributed by atoms with Crippen molar-refractivity contribution >= 4 is 45.2 Å². The number of hydrogen-bond donors (Lipinski definition) is 1. The van der Waals surface area contributed by atoms with Crippen LogP contribution >= 0.6 is 11.6 Å². The lowest BCUT2D eigenvalue weighted by atomic mass is 9.89. The van der Waals surface area contributed by atoms with Crippen LogP contribution in [-0.2, 0) is 9.59 Å². The van der Waals surface area contributed by atoms with Gasteiger partial charge in [-0.25, -0.2) is 0 Å². The predicted molar refractivity (Wildman–Crippen MR) is 143 cm³/mol. The molecule has 2 aromatic heterocycles. The van der Waals surface area contributed by atoms with Gasteiger partial charge in [-0.15, -0.1) is 0 Å². The molecule has 2 aromatic carbocycles. The lowest BCUT2D eigenvalue weighted by Gasteiger charge is -2.34. The first-order valence-corrected chi connectivity index (χ1v) is 12.8. The summed E-state index contributed by atoms with van der Waals surface area (Å²) in [6, 6.07) is 13.7. The minimum atomic E-state index is -0.738. The highest BCUT2D eigenvalue weighted by Gasteiger charge is 2.32. The zero-order valence-corrected chi connectivity index (χ0v) is 21.8. The summed E-state index contributed by atoms with van der Waals surface area (Å²) in [7, 11) is 1.63. The van der Waals surface area contributed by atoms with Crippen molar-refractivity contribution in [1.29, 1.82) is 0 Å². The van der Waals surface area contributed by atoms with Crippen molar-refractivity contribution in [3.63, 3.8) is 0 Å². The minimum absolute atomic E-state index is 0.146. The van der Waals surface area contributed by atoms with E-state index in [0.717, 1.165) is 24.8 Å². The van der Waals surface area contributed by atoms with Crippen LogP contribution in [-0.4, -0.2) is 39.5 Å². The van der Waals surface area contributed by atoms with Crippen LogP contribution in [0.25, 0.3) is 21.8 Å². The molecule has 8 nitrogen and oxygen atoms in total. The number of nitrogens with one attached hydrogen (secondary N) is 1. The maximum atomic E-state index is 13.7. The molecule has 192 valence electrons. The molecule has 0 aliphatic heterocycles. The Hall–Kier alpha value is -3.65. The van der Waals surface area contributed by atoms with Gasteiger partial charge < -0.3 is 19.3 Å². The van der Waals surface area contributed by atoms with Gasteiger partial charge in [0.1, 0.15) is 22.7 Å². The number of rotatable bonds is 5. The summed E-state index contributed by atoms with van der Waals surface area (Å²) < 4.78 is 7.17. The molecule has 3 unspecified atom stereocenters. The van der Waals surface area contributed by atoms with E-state index in [1.807, 2.05) is 42.5 Å². The predicted octanol–water partition coefficient (Wildman–Crippen LogP) is 4.92. The van der Waals surface area contributed by atoms with Crippen LogP contribution in [0, 0.1) is 6.92 Å². The molecule has 1 saturated carbocycles. The largest absolute Gasteiger partial charge is 0.360 e. The SMILES string of the molecule is CC(=O)N(C)C(C(=O)NC1CCCC(n2c(=O)c3c(C)onc3c3c(Cl)cccc32)C1)c1ccccc1. The van der Waals surface area contributed by atoms with E-state index in [9.17, 15) is 14.4 Å². The second kappa shape index (κ2) is 10.0. The van der Waals surface area contributed by atoms with Gasteiger partial charge in [0.05, 0.1) is 10.5 Å². The molecule has 1 fully saturated rings. The molecule has 2 heterocycles. The van der Waals surface area contributed by atoms with Crippen LogP contribution in [0.4, 0.5) is 0 Å². The zero-order chi connectivity index (χ0) is 26.3. The van der Waals surface area contributed by atoms with Crippen LogP contribution in [0.2, 0.25) is 5.02 Å².